The summed E-state index contributed by atoms with van der Waals surface area (Å²) >= 11 is 6.94. The van der Waals surface area contributed by atoms with Gasteiger partial charge in [0.25, 0.3) is 5.91 Å². The van der Waals surface area contributed by atoms with E-state index in [4.69, 9.17) is 4.74 Å². The molecule has 3 rings (SSSR count). The van der Waals surface area contributed by atoms with E-state index in [0.29, 0.717) is 11.4 Å². The standard InChI is InChI=1S/C19H15Br2NO2/c1-12-9-15(20)19(16(21)10-12)22-18(23)11-24-17-8-4-6-13-5-2-3-7-14(13)17/h2-10H,11H2,1H3,(H,22,23). The first-order chi connectivity index (χ1) is 11.5. The number of nitrogens with one attached hydrogen (secondary N) is 1. The molecular weight excluding hydrogens is 434 g/mol. The van der Waals surface area contributed by atoms with Crippen LogP contribution >= 0.6 is 31.9 Å². The lowest BCUT2D eigenvalue weighted by Gasteiger charge is -2.12. The first-order valence-corrected chi connectivity index (χ1v) is 8.99. The van der Waals surface area contributed by atoms with Crippen LogP contribution in [0.4, 0.5) is 5.69 Å². The van der Waals surface area contributed by atoms with Crippen LogP contribution in [-0.4, -0.2) is 12.5 Å². The van der Waals surface area contributed by atoms with E-state index in [-0.39, 0.29) is 12.5 Å². The summed E-state index contributed by atoms with van der Waals surface area (Å²) in [5, 5.41) is 4.94. The van der Waals surface area contributed by atoms with Gasteiger partial charge in [0.15, 0.2) is 6.61 Å². The summed E-state index contributed by atoms with van der Waals surface area (Å²) in [7, 11) is 0. The van der Waals surface area contributed by atoms with Gasteiger partial charge in [0.05, 0.1) is 5.69 Å². The zero-order valence-electron chi connectivity index (χ0n) is 13.0. The summed E-state index contributed by atoms with van der Waals surface area (Å²) in [4.78, 5) is 12.2. The van der Waals surface area contributed by atoms with Gasteiger partial charge >= 0.3 is 0 Å². The number of anilines is 1. The molecule has 0 aliphatic heterocycles. The smallest absolute Gasteiger partial charge is 0.262 e. The maximum absolute atomic E-state index is 12.2. The van der Waals surface area contributed by atoms with Crippen molar-refractivity contribution in [3.8, 4) is 5.75 Å². The summed E-state index contributed by atoms with van der Waals surface area (Å²) in [6.07, 6.45) is 0. The number of fused-ring (bicyclic) bond motifs is 1. The van der Waals surface area contributed by atoms with Crippen molar-refractivity contribution in [3.63, 3.8) is 0 Å². The molecule has 1 N–H and O–H groups in total. The van der Waals surface area contributed by atoms with Crippen LogP contribution in [0.5, 0.6) is 5.75 Å². The van der Waals surface area contributed by atoms with Crippen molar-refractivity contribution in [3.05, 3.63) is 69.1 Å². The van der Waals surface area contributed by atoms with Gasteiger partial charge in [-0.3, -0.25) is 4.79 Å². The van der Waals surface area contributed by atoms with Crippen molar-refractivity contribution in [2.24, 2.45) is 0 Å². The highest BCUT2D eigenvalue weighted by molar-refractivity contribution is 9.11. The van der Waals surface area contributed by atoms with E-state index in [1.165, 1.54) is 0 Å². The van der Waals surface area contributed by atoms with Crippen LogP contribution in [-0.2, 0) is 4.79 Å². The Hall–Kier alpha value is -1.85. The van der Waals surface area contributed by atoms with Gasteiger partial charge < -0.3 is 10.1 Å². The molecule has 5 heteroatoms. The number of hydrogen-bond donors (Lipinski definition) is 1. The number of carbonyl (C=O) groups excluding carboxylic acids is 1. The normalized spacial score (nSPS) is 10.6. The van der Waals surface area contributed by atoms with E-state index in [0.717, 1.165) is 25.3 Å². The minimum absolute atomic E-state index is 0.0548. The first-order valence-electron chi connectivity index (χ1n) is 7.40. The Morgan fingerprint density at radius 2 is 1.71 bits per heavy atom. The maximum atomic E-state index is 12.2. The lowest BCUT2D eigenvalue weighted by molar-refractivity contribution is -0.118. The van der Waals surface area contributed by atoms with Gasteiger partial charge in [-0.2, -0.15) is 0 Å². The van der Waals surface area contributed by atoms with Crippen molar-refractivity contribution < 1.29 is 9.53 Å². The van der Waals surface area contributed by atoms with Crippen LogP contribution < -0.4 is 10.1 Å². The zero-order valence-corrected chi connectivity index (χ0v) is 16.1. The molecule has 0 spiro atoms. The summed E-state index contributed by atoms with van der Waals surface area (Å²) in [6.45, 7) is 1.94. The number of aryl methyl sites for hydroxylation is 1. The average molecular weight is 449 g/mol. The van der Waals surface area contributed by atoms with Crippen LogP contribution in [0.1, 0.15) is 5.56 Å². The first kappa shape index (κ1) is 17.0. The second-order valence-electron chi connectivity index (χ2n) is 5.42. The molecule has 122 valence electrons. The Balaban J connectivity index is 1.72. The predicted molar refractivity (Wildman–Crippen MR) is 105 cm³/mol. The SMILES string of the molecule is Cc1cc(Br)c(NC(=O)COc2cccc3ccccc23)c(Br)c1. The Kier molecular flexibility index (Phi) is 5.21. The second kappa shape index (κ2) is 7.36. The third-order valence-corrected chi connectivity index (χ3v) is 4.81. The van der Waals surface area contributed by atoms with Crippen LogP contribution in [0.2, 0.25) is 0 Å². The number of halogens is 2. The van der Waals surface area contributed by atoms with Gasteiger partial charge in [-0.25, -0.2) is 0 Å². The molecule has 0 aliphatic carbocycles. The maximum Gasteiger partial charge on any atom is 0.262 e. The Morgan fingerprint density at radius 1 is 1.04 bits per heavy atom. The summed E-state index contributed by atoms with van der Waals surface area (Å²) < 4.78 is 7.37. The number of rotatable bonds is 4. The molecule has 1 amide bonds. The van der Waals surface area contributed by atoms with Crippen LogP contribution in [0, 0.1) is 6.92 Å². The Bertz CT molecular complexity index is 881. The monoisotopic (exact) mass is 447 g/mol. The molecule has 0 bridgehead atoms. The fraction of sp³-hybridized carbons (Fsp3) is 0.105. The molecule has 0 aromatic heterocycles. The van der Waals surface area contributed by atoms with Gasteiger partial charge in [0, 0.05) is 14.3 Å². The van der Waals surface area contributed by atoms with Gasteiger partial charge in [0.2, 0.25) is 0 Å². The fourth-order valence-electron chi connectivity index (χ4n) is 2.46. The van der Waals surface area contributed by atoms with Crippen LogP contribution in [0.3, 0.4) is 0 Å². The largest absolute Gasteiger partial charge is 0.483 e. The molecular formula is C19H15Br2NO2. The highest BCUT2D eigenvalue weighted by Crippen LogP contribution is 2.32. The van der Waals surface area contributed by atoms with Crippen molar-refractivity contribution in [1.82, 2.24) is 0 Å². The molecule has 24 heavy (non-hydrogen) atoms. The fourth-order valence-corrected chi connectivity index (χ4v) is 4.07. The molecule has 0 saturated heterocycles. The number of amides is 1. The number of hydrogen-bond acceptors (Lipinski definition) is 2. The van der Waals surface area contributed by atoms with Gasteiger partial charge in [0.1, 0.15) is 5.75 Å². The van der Waals surface area contributed by atoms with E-state index in [9.17, 15) is 4.79 Å². The average Bonchev–Trinajstić information content (AvgIpc) is 2.56. The highest BCUT2D eigenvalue weighted by atomic mass is 79.9. The minimum Gasteiger partial charge on any atom is -0.483 e. The van der Waals surface area contributed by atoms with Crippen molar-refractivity contribution in [2.75, 3.05) is 11.9 Å². The van der Waals surface area contributed by atoms with E-state index < -0.39 is 0 Å². The quantitative estimate of drug-likeness (QED) is 0.556. The molecule has 0 atom stereocenters. The van der Waals surface area contributed by atoms with Crippen molar-refractivity contribution in [1.29, 1.82) is 0 Å². The molecule has 3 nitrogen and oxygen atoms in total. The molecule has 0 saturated carbocycles. The highest BCUT2D eigenvalue weighted by Gasteiger charge is 2.11. The van der Waals surface area contributed by atoms with Crippen molar-refractivity contribution >= 4 is 54.2 Å². The predicted octanol–water partition coefficient (Wildman–Crippen LogP) is 5.69. The van der Waals surface area contributed by atoms with E-state index in [2.05, 4.69) is 37.2 Å². The summed E-state index contributed by atoms with van der Waals surface area (Å²) in [5.41, 5.74) is 1.80. The minimum atomic E-state index is -0.215. The number of ether oxygens (including phenoxy) is 1. The molecule has 0 heterocycles. The van der Waals surface area contributed by atoms with Crippen LogP contribution in [0.25, 0.3) is 10.8 Å². The third-order valence-electron chi connectivity index (χ3n) is 3.56. The Morgan fingerprint density at radius 3 is 2.46 bits per heavy atom. The summed E-state index contributed by atoms with van der Waals surface area (Å²) in [6, 6.07) is 17.6. The lowest BCUT2D eigenvalue weighted by atomic mass is 10.1. The molecule has 0 unspecified atom stereocenters. The van der Waals surface area contributed by atoms with E-state index in [1.807, 2.05) is 61.5 Å². The summed E-state index contributed by atoms with van der Waals surface area (Å²) in [5.74, 6) is 0.485. The van der Waals surface area contributed by atoms with Gasteiger partial charge in [-0.15, -0.1) is 0 Å². The topological polar surface area (TPSA) is 38.3 Å². The molecule has 3 aromatic rings. The number of benzene rings is 3. The number of carbonyl (C=O) groups is 1. The van der Waals surface area contributed by atoms with Gasteiger partial charge in [-0.05, 0) is 67.9 Å². The Labute approximate surface area is 157 Å². The van der Waals surface area contributed by atoms with Crippen LogP contribution in [0.15, 0.2) is 63.5 Å². The zero-order chi connectivity index (χ0) is 17.1. The second-order valence-corrected chi connectivity index (χ2v) is 7.13. The molecule has 0 aliphatic rings. The van der Waals surface area contributed by atoms with E-state index in [1.54, 1.807) is 0 Å². The molecule has 0 fully saturated rings. The lowest BCUT2D eigenvalue weighted by Crippen LogP contribution is -2.20. The van der Waals surface area contributed by atoms with Gasteiger partial charge in [-0.1, -0.05) is 36.4 Å². The molecule has 3 aromatic carbocycles. The van der Waals surface area contributed by atoms with E-state index >= 15 is 0 Å². The van der Waals surface area contributed by atoms with Crippen molar-refractivity contribution in [2.45, 2.75) is 6.92 Å². The molecule has 0 radical (unpaired) electrons. The third kappa shape index (κ3) is 3.79.